The van der Waals surface area contributed by atoms with Crippen molar-refractivity contribution in [1.29, 1.82) is 0 Å². The molecule has 0 aromatic carbocycles. The van der Waals surface area contributed by atoms with Gasteiger partial charge in [-0.1, -0.05) is 19.2 Å². The highest BCUT2D eigenvalue weighted by Gasteiger charge is 2.54. The van der Waals surface area contributed by atoms with Crippen molar-refractivity contribution in [3.63, 3.8) is 0 Å². The van der Waals surface area contributed by atoms with Crippen molar-refractivity contribution in [2.45, 2.75) is 52.2 Å². The third-order valence-electron chi connectivity index (χ3n) is 5.41. The Labute approximate surface area is 211 Å². The summed E-state index contributed by atoms with van der Waals surface area (Å²) in [6.45, 7) is 3.47. The molecule has 1 saturated heterocycles. The van der Waals surface area contributed by atoms with E-state index < -0.39 is 49.4 Å². The van der Waals surface area contributed by atoms with Crippen LogP contribution in [0.1, 0.15) is 34.4 Å². The fraction of sp³-hybridized carbons (Fsp3) is 0.684. The van der Waals surface area contributed by atoms with Gasteiger partial charge in [-0.25, -0.2) is 15.1 Å². The summed E-state index contributed by atoms with van der Waals surface area (Å²) in [5, 5.41) is 30.4. The molecular weight excluding hydrogens is 519 g/mol. The van der Waals surface area contributed by atoms with Crippen LogP contribution in [0.4, 0.5) is 5.95 Å². The number of ether oxygens (including phenoxy) is 1. The van der Waals surface area contributed by atoms with E-state index >= 15 is 0 Å². The van der Waals surface area contributed by atoms with Crippen molar-refractivity contribution in [1.82, 2.24) is 19.5 Å². The molecule has 5 atom stereocenters. The van der Waals surface area contributed by atoms with E-state index in [2.05, 4.69) is 15.0 Å². The monoisotopic (exact) mass is 552 g/mol. The van der Waals surface area contributed by atoms with Crippen LogP contribution in [-0.2, 0) is 23.1 Å². The SMILES string of the molecule is C.CC(C)(CO)C(=O)SCCOP(N)(=O)OC[C@H]1O[C@@H](n2cnc3c(=O)[nH]c(N)nc32)[C@](C)(O)[C@@H]1O. The van der Waals surface area contributed by atoms with Crippen LogP contribution >= 0.6 is 19.5 Å². The van der Waals surface area contributed by atoms with E-state index in [1.165, 1.54) is 17.8 Å². The zero-order valence-electron chi connectivity index (χ0n) is 19.3. The maximum Gasteiger partial charge on any atom is 0.402 e. The molecule has 36 heavy (non-hydrogen) atoms. The first kappa shape index (κ1) is 30.3. The smallest absolute Gasteiger partial charge is 0.395 e. The van der Waals surface area contributed by atoms with Crippen LogP contribution in [0.5, 0.6) is 0 Å². The van der Waals surface area contributed by atoms with Crippen molar-refractivity contribution in [2.75, 3.05) is 31.3 Å². The highest BCUT2D eigenvalue weighted by atomic mass is 32.2. The lowest BCUT2D eigenvalue weighted by Crippen LogP contribution is -2.44. The number of nitrogens with two attached hydrogens (primary N) is 2. The number of aliphatic hydroxyl groups excluding tert-OH is 2. The van der Waals surface area contributed by atoms with Crippen LogP contribution in [-0.4, -0.2) is 83.3 Å². The number of imidazole rings is 1. The highest BCUT2D eigenvalue weighted by molar-refractivity contribution is 8.13. The number of fused-ring (bicyclic) bond motifs is 1. The summed E-state index contributed by atoms with van der Waals surface area (Å²) in [6, 6.07) is 0. The minimum atomic E-state index is -4.09. The number of anilines is 1. The van der Waals surface area contributed by atoms with Gasteiger partial charge in [-0.2, -0.15) is 4.98 Å². The first-order chi connectivity index (χ1) is 16.2. The quantitative estimate of drug-likeness (QED) is 0.164. The number of aromatic nitrogens is 4. The van der Waals surface area contributed by atoms with Crippen molar-refractivity contribution in [3.05, 3.63) is 16.7 Å². The zero-order valence-corrected chi connectivity index (χ0v) is 21.0. The summed E-state index contributed by atoms with van der Waals surface area (Å²) in [5.41, 5.74) is 7.73. The molecule has 17 heteroatoms. The predicted octanol–water partition coefficient (Wildman–Crippen LogP) is -0.274. The number of thioether (sulfide) groups is 1. The Morgan fingerprint density at radius 1 is 1.44 bits per heavy atom. The molecule has 3 rings (SSSR count). The summed E-state index contributed by atoms with van der Waals surface area (Å²) in [7, 11) is -4.09. The number of carbonyl (C=O) groups is 1. The van der Waals surface area contributed by atoms with Gasteiger partial charge in [0.1, 0.15) is 17.8 Å². The second-order valence-electron chi connectivity index (χ2n) is 8.82. The summed E-state index contributed by atoms with van der Waals surface area (Å²) in [5.74, 6) is -0.0573. The van der Waals surface area contributed by atoms with E-state index in [-0.39, 0.29) is 48.6 Å². The van der Waals surface area contributed by atoms with Gasteiger partial charge in [0.25, 0.3) is 5.56 Å². The number of rotatable bonds is 10. The standard InChI is InChI=1S/C18H29N6O9PS.CH4/c1-17(2,7-25)15(28)35-5-4-31-34(20,30)32-6-9-11(26)18(3,29)14(33-9)24-8-21-10-12(24)22-16(19)23-13(10)27;/h8-9,11,14,25-26,29H,4-7H2,1-3H3,(H2,20,30)(H3,19,22,23,27);1H4/t9-,11-,14-,18-,34?;/m1./s1. The van der Waals surface area contributed by atoms with E-state index in [1.807, 2.05) is 0 Å². The number of nitrogen functional groups attached to an aromatic ring is 1. The lowest BCUT2D eigenvalue weighted by atomic mass is 9.96. The second-order valence-corrected chi connectivity index (χ2v) is 11.5. The van der Waals surface area contributed by atoms with E-state index in [0.29, 0.717) is 0 Å². The summed E-state index contributed by atoms with van der Waals surface area (Å²) in [6.07, 6.45) is -2.75. The Morgan fingerprint density at radius 2 is 2.11 bits per heavy atom. The third-order valence-corrected chi connectivity index (χ3v) is 7.65. The van der Waals surface area contributed by atoms with Crippen molar-refractivity contribution in [3.8, 4) is 0 Å². The van der Waals surface area contributed by atoms with Crippen LogP contribution in [0.3, 0.4) is 0 Å². The van der Waals surface area contributed by atoms with E-state index in [1.54, 1.807) is 13.8 Å². The molecule has 0 saturated carbocycles. The van der Waals surface area contributed by atoms with Crippen LogP contribution in [0.2, 0.25) is 0 Å². The fourth-order valence-electron chi connectivity index (χ4n) is 3.27. The van der Waals surface area contributed by atoms with E-state index in [4.69, 9.17) is 25.0 Å². The van der Waals surface area contributed by atoms with Gasteiger partial charge in [0.05, 0.1) is 31.6 Å². The molecule has 1 aliphatic heterocycles. The number of aliphatic hydroxyl groups is 3. The van der Waals surface area contributed by atoms with Gasteiger partial charge in [0.15, 0.2) is 22.5 Å². The van der Waals surface area contributed by atoms with Crippen LogP contribution in [0.25, 0.3) is 11.2 Å². The Kier molecular flexibility index (Phi) is 9.48. The second kappa shape index (κ2) is 11.2. The molecule has 0 amide bonds. The van der Waals surface area contributed by atoms with E-state index in [9.17, 15) is 29.5 Å². The summed E-state index contributed by atoms with van der Waals surface area (Å²) >= 11 is 0.892. The molecule has 1 unspecified atom stereocenters. The number of H-pyrrole nitrogens is 1. The first-order valence-electron chi connectivity index (χ1n) is 10.4. The number of hydrogen-bond donors (Lipinski definition) is 6. The van der Waals surface area contributed by atoms with Crippen molar-refractivity contribution >= 4 is 41.7 Å². The van der Waals surface area contributed by atoms with Crippen molar-refractivity contribution in [2.24, 2.45) is 10.9 Å². The Balaban J connectivity index is 0.00000456. The van der Waals surface area contributed by atoms with E-state index in [0.717, 1.165) is 11.8 Å². The van der Waals surface area contributed by atoms with Gasteiger partial charge in [-0.3, -0.25) is 28.2 Å². The molecule has 204 valence electrons. The lowest BCUT2D eigenvalue weighted by molar-refractivity contribution is -0.119. The molecule has 0 spiro atoms. The molecule has 2 aromatic heterocycles. The maximum atomic E-state index is 12.4. The van der Waals surface area contributed by atoms with Gasteiger partial charge in [-0.15, -0.1) is 0 Å². The maximum absolute atomic E-state index is 12.4. The minimum absolute atomic E-state index is 0. The molecule has 1 fully saturated rings. The molecule has 1 aliphatic rings. The molecule has 0 radical (unpaired) electrons. The Morgan fingerprint density at radius 3 is 2.75 bits per heavy atom. The summed E-state index contributed by atoms with van der Waals surface area (Å²) < 4.78 is 29.6. The minimum Gasteiger partial charge on any atom is -0.395 e. The molecule has 3 heterocycles. The first-order valence-corrected chi connectivity index (χ1v) is 13.0. The van der Waals surface area contributed by atoms with Crippen LogP contribution < -0.4 is 16.8 Å². The molecule has 15 nitrogen and oxygen atoms in total. The average molecular weight is 553 g/mol. The van der Waals surface area contributed by atoms with Gasteiger partial charge in [-0.05, 0) is 20.8 Å². The molecule has 8 N–H and O–H groups in total. The third kappa shape index (κ3) is 6.33. The fourth-order valence-corrected chi connectivity index (χ4v) is 4.97. The van der Waals surface area contributed by atoms with Crippen LogP contribution in [0, 0.1) is 5.41 Å². The number of carbonyl (C=O) groups excluding carboxylic acids is 1. The van der Waals surface area contributed by atoms with Crippen molar-refractivity contribution < 1.29 is 38.5 Å². The number of aromatic amines is 1. The topological polar surface area (TPSA) is 238 Å². The normalized spacial score (nSPS) is 26.0. The number of nitrogens with one attached hydrogen (secondary N) is 1. The predicted molar refractivity (Wildman–Crippen MR) is 132 cm³/mol. The van der Waals surface area contributed by atoms with Gasteiger partial charge < -0.3 is 25.8 Å². The van der Waals surface area contributed by atoms with Gasteiger partial charge in [0.2, 0.25) is 5.95 Å². The molecule has 0 bridgehead atoms. The Hall–Kier alpha value is -1.88. The number of nitrogens with zero attached hydrogens (tertiary/aromatic N) is 3. The lowest BCUT2D eigenvalue weighted by Gasteiger charge is -2.27. The Bertz CT molecular complexity index is 1190. The molecule has 0 aliphatic carbocycles. The zero-order chi connectivity index (χ0) is 26.2. The summed E-state index contributed by atoms with van der Waals surface area (Å²) in [4.78, 5) is 34.3. The largest absolute Gasteiger partial charge is 0.402 e. The average Bonchev–Trinajstić information content (AvgIpc) is 3.28. The molecule has 2 aromatic rings. The van der Waals surface area contributed by atoms with Gasteiger partial charge >= 0.3 is 7.75 Å². The van der Waals surface area contributed by atoms with Crippen LogP contribution in [0.15, 0.2) is 11.1 Å². The molecular formula is C19H33N6O9PS. The van der Waals surface area contributed by atoms with Gasteiger partial charge in [0, 0.05) is 5.75 Å². The number of hydrogen-bond acceptors (Lipinski definition) is 13. The highest BCUT2D eigenvalue weighted by Crippen LogP contribution is 2.43.